The molecule has 0 aliphatic carbocycles. The molecule has 0 saturated carbocycles. The van der Waals surface area contributed by atoms with Crippen molar-refractivity contribution in [1.82, 2.24) is 9.88 Å². The van der Waals surface area contributed by atoms with E-state index in [0.29, 0.717) is 5.82 Å². The number of benzene rings is 2. The average Bonchev–Trinajstić information content (AvgIpc) is 3.01. The van der Waals surface area contributed by atoms with E-state index in [1.54, 1.807) is 4.90 Å². The van der Waals surface area contributed by atoms with Crippen LogP contribution in [0.25, 0.3) is 0 Å². The van der Waals surface area contributed by atoms with Gasteiger partial charge in [-0.3, -0.25) is 9.59 Å². The van der Waals surface area contributed by atoms with Crippen LogP contribution in [-0.4, -0.2) is 47.9 Å². The summed E-state index contributed by atoms with van der Waals surface area (Å²) in [6.07, 6.45) is -4.66. The number of anilines is 2. The summed E-state index contributed by atoms with van der Waals surface area (Å²) in [5, 5.41) is 2.45. The molecule has 7 nitrogen and oxygen atoms in total. The second-order valence-corrected chi connectivity index (χ2v) is 8.14. The molecule has 0 bridgehead atoms. The van der Waals surface area contributed by atoms with Crippen molar-refractivity contribution in [2.45, 2.75) is 6.18 Å². The Hall–Kier alpha value is -4.22. The molecule has 3 aromatic rings. The first-order valence-corrected chi connectivity index (χ1v) is 10.8. The van der Waals surface area contributed by atoms with Gasteiger partial charge in [-0.2, -0.15) is 22.5 Å². The highest BCUT2D eigenvalue weighted by atomic mass is 19.4. The first-order valence-electron chi connectivity index (χ1n) is 10.8. The van der Waals surface area contributed by atoms with Crippen molar-refractivity contribution >= 4 is 23.3 Å². The number of carbonyl (C=O) groups is 2. The van der Waals surface area contributed by atoms with Gasteiger partial charge in [-0.15, -0.1) is 0 Å². The summed E-state index contributed by atoms with van der Waals surface area (Å²) in [6, 6.07) is 9.60. The molecule has 1 fully saturated rings. The normalized spacial score (nSPS) is 15.4. The molecule has 5 rings (SSSR count). The Bertz CT molecular complexity index is 1370. The summed E-state index contributed by atoms with van der Waals surface area (Å²) >= 11 is 0. The molecule has 3 heterocycles. The molecule has 0 spiro atoms. The predicted octanol–water partition coefficient (Wildman–Crippen LogP) is 4.70. The molecule has 2 amide bonds. The minimum atomic E-state index is -4.66. The molecule has 0 unspecified atom stereocenters. The zero-order valence-corrected chi connectivity index (χ0v) is 18.4. The summed E-state index contributed by atoms with van der Waals surface area (Å²) in [5.41, 5.74) is -1.46. The van der Waals surface area contributed by atoms with Crippen LogP contribution in [0.2, 0.25) is 0 Å². The molecule has 0 atom stereocenters. The van der Waals surface area contributed by atoms with Crippen molar-refractivity contribution in [3.63, 3.8) is 0 Å². The third-order valence-corrected chi connectivity index (χ3v) is 5.94. The number of rotatable bonds is 2. The highest BCUT2D eigenvalue weighted by molar-refractivity contribution is 6.07. The zero-order valence-electron chi connectivity index (χ0n) is 18.4. The number of ether oxygens (including phenoxy) is 1. The largest absolute Gasteiger partial charge is 0.433 e. The number of nitrogens with zero attached hydrogens (tertiary/aromatic N) is 3. The minimum Gasteiger partial charge on any atom is -0.433 e. The monoisotopic (exact) mass is 504 g/mol. The van der Waals surface area contributed by atoms with Gasteiger partial charge in [0.1, 0.15) is 11.4 Å². The Morgan fingerprint density at radius 2 is 1.69 bits per heavy atom. The number of hydrogen-bond donors (Lipinski definition) is 1. The van der Waals surface area contributed by atoms with Gasteiger partial charge in [-0.25, -0.2) is 4.39 Å². The van der Waals surface area contributed by atoms with Crippen LogP contribution in [0.4, 0.5) is 33.5 Å². The quantitative estimate of drug-likeness (QED) is 0.513. The Morgan fingerprint density at radius 1 is 0.972 bits per heavy atom. The van der Waals surface area contributed by atoms with E-state index in [2.05, 4.69) is 10.3 Å². The zero-order chi connectivity index (χ0) is 25.6. The lowest BCUT2D eigenvalue weighted by Gasteiger charge is -2.36. The van der Waals surface area contributed by atoms with E-state index in [1.165, 1.54) is 35.2 Å². The Morgan fingerprint density at radius 3 is 2.42 bits per heavy atom. The number of halogens is 5. The van der Waals surface area contributed by atoms with Crippen molar-refractivity contribution < 1.29 is 36.3 Å². The predicted molar refractivity (Wildman–Crippen MR) is 118 cm³/mol. The molecule has 12 heteroatoms. The highest BCUT2D eigenvalue weighted by Gasteiger charge is 2.36. The minimum absolute atomic E-state index is 0.00679. The van der Waals surface area contributed by atoms with Gasteiger partial charge in [0.15, 0.2) is 11.6 Å². The Balaban J connectivity index is 1.35. The molecular formula is C24H17F5N4O3. The van der Waals surface area contributed by atoms with Gasteiger partial charge in [0.05, 0.1) is 16.8 Å². The molecule has 2 aliphatic heterocycles. The lowest BCUT2D eigenvalue weighted by molar-refractivity contribution is -0.138. The summed E-state index contributed by atoms with van der Waals surface area (Å²) < 4.78 is 73.4. The van der Waals surface area contributed by atoms with E-state index in [0.717, 1.165) is 18.2 Å². The number of amides is 2. The second kappa shape index (κ2) is 8.77. The van der Waals surface area contributed by atoms with Gasteiger partial charge in [-0.1, -0.05) is 12.1 Å². The van der Waals surface area contributed by atoms with Crippen LogP contribution in [-0.2, 0) is 6.18 Å². The number of carbonyl (C=O) groups excluding carboxylic acids is 2. The van der Waals surface area contributed by atoms with E-state index in [1.807, 2.05) is 0 Å². The van der Waals surface area contributed by atoms with Crippen LogP contribution >= 0.6 is 0 Å². The molecule has 2 aliphatic rings. The number of aromatic nitrogens is 1. The van der Waals surface area contributed by atoms with Crippen LogP contribution in [0, 0.1) is 11.6 Å². The van der Waals surface area contributed by atoms with Crippen LogP contribution in [0.3, 0.4) is 0 Å². The molecule has 0 radical (unpaired) electrons. The number of alkyl halides is 3. The van der Waals surface area contributed by atoms with Crippen LogP contribution in [0.1, 0.15) is 26.3 Å². The molecule has 36 heavy (non-hydrogen) atoms. The maximum absolute atomic E-state index is 14.3. The van der Waals surface area contributed by atoms with Gasteiger partial charge in [-0.05, 0) is 36.4 Å². The van der Waals surface area contributed by atoms with Gasteiger partial charge in [0.2, 0.25) is 11.7 Å². The van der Waals surface area contributed by atoms with Crippen molar-refractivity contribution in [1.29, 1.82) is 0 Å². The molecular weight excluding hydrogens is 487 g/mol. The molecule has 1 aromatic heterocycles. The van der Waals surface area contributed by atoms with Gasteiger partial charge in [0, 0.05) is 26.2 Å². The number of hydrogen-bond acceptors (Lipinski definition) is 5. The fourth-order valence-electron chi connectivity index (χ4n) is 4.10. The molecule has 186 valence electrons. The topological polar surface area (TPSA) is 74.8 Å². The van der Waals surface area contributed by atoms with E-state index >= 15 is 0 Å². The average molecular weight is 504 g/mol. The maximum Gasteiger partial charge on any atom is 0.417 e. The molecule has 1 N–H and O–H groups in total. The number of pyridine rings is 1. The number of piperazine rings is 1. The van der Waals surface area contributed by atoms with Crippen molar-refractivity contribution in [3.8, 4) is 11.6 Å². The fourth-order valence-corrected chi connectivity index (χ4v) is 4.10. The first kappa shape index (κ1) is 23.5. The van der Waals surface area contributed by atoms with E-state index < -0.39 is 46.5 Å². The van der Waals surface area contributed by atoms with Crippen LogP contribution in [0.5, 0.6) is 11.6 Å². The summed E-state index contributed by atoms with van der Waals surface area (Å²) in [5.74, 6) is -4.19. The maximum atomic E-state index is 14.3. The smallest absolute Gasteiger partial charge is 0.417 e. The summed E-state index contributed by atoms with van der Waals surface area (Å²) in [7, 11) is 0. The Labute approximate surface area is 201 Å². The third kappa shape index (κ3) is 4.18. The van der Waals surface area contributed by atoms with Gasteiger partial charge < -0.3 is 19.9 Å². The fraction of sp³-hybridized carbons (Fsp3) is 0.208. The summed E-state index contributed by atoms with van der Waals surface area (Å²) in [4.78, 5) is 32.7. The number of fused-ring (bicyclic) bond motifs is 2. The lowest BCUT2D eigenvalue weighted by Crippen LogP contribution is -2.49. The van der Waals surface area contributed by atoms with E-state index in [9.17, 15) is 31.5 Å². The second-order valence-electron chi connectivity index (χ2n) is 8.14. The van der Waals surface area contributed by atoms with Crippen molar-refractivity contribution in [2.24, 2.45) is 0 Å². The SMILES string of the molecule is O=C1Nc2ccc(F)c(F)c2Oc2nc(N3CCN(C(=O)c4ccccc4C(F)(F)F)CC3)ccc21. The lowest BCUT2D eigenvalue weighted by atomic mass is 10.1. The molecule has 1 saturated heterocycles. The van der Waals surface area contributed by atoms with Crippen molar-refractivity contribution in [2.75, 3.05) is 36.4 Å². The van der Waals surface area contributed by atoms with E-state index in [4.69, 9.17) is 4.74 Å². The van der Waals surface area contributed by atoms with Gasteiger partial charge in [0.25, 0.3) is 11.8 Å². The summed E-state index contributed by atoms with van der Waals surface area (Å²) in [6.45, 7) is 0.705. The van der Waals surface area contributed by atoms with Crippen LogP contribution < -0.4 is 15.0 Å². The molecule has 2 aromatic carbocycles. The van der Waals surface area contributed by atoms with E-state index in [-0.39, 0.29) is 43.3 Å². The standard InChI is InChI=1S/C24H17F5N4O3/c25-16-6-7-17-20(19(16)26)36-22-14(21(34)30-17)5-8-18(31-22)32-9-11-33(12-10-32)23(35)13-3-1-2-4-15(13)24(27,28)29/h1-8H,9-12H2,(H,30,34). The number of nitrogens with one attached hydrogen (secondary N) is 1. The Kier molecular flexibility index (Phi) is 5.73. The van der Waals surface area contributed by atoms with Crippen LogP contribution in [0.15, 0.2) is 48.5 Å². The highest BCUT2D eigenvalue weighted by Crippen LogP contribution is 2.38. The van der Waals surface area contributed by atoms with Crippen molar-refractivity contribution in [3.05, 3.63) is 76.9 Å². The van der Waals surface area contributed by atoms with Gasteiger partial charge >= 0.3 is 6.18 Å². The first-order chi connectivity index (χ1) is 17.1. The third-order valence-electron chi connectivity index (χ3n) is 5.94.